The van der Waals surface area contributed by atoms with E-state index >= 15 is 0 Å². The van der Waals surface area contributed by atoms with Gasteiger partial charge in [-0.25, -0.2) is 4.79 Å². The number of benzene rings is 1. The molecule has 0 radical (unpaired) electrons. The third kappa shape index (κ3) is 4.94. The van der Waals surface area contributed by atoms with Crippen LogP contribution in [-0.2, 0) is 11.3 Å². The van der Waals surface area contributed by atoms with Gasteiger partial charge in [0.15, 0.2) is 0 Å². The summed E-state index contributed by atoms with van der Waals surface area (Å²) in [6.07, 6.45) is 3.35. The average Bonchev–Trinajstić information content (AvgIpc) is 2.48. The predicted molar refractivity (Wildman–Crippen MR) is 80.8 cm³/mol. The van der Waals surface area contributed by atoms with Gasteiger partial charge in [0.25, 0.3) is 0 Å². The summed E-state index contributed by atoms with van der Waals surface area (Å²) in [5, 5.41) is 8.12. The van der Waals surface area contributed by atoms with Crippen LogP contribution in [0.3, 0.4) is 0 Å². The van der Waals surface area contributed by atoms with Crippen LogP contribution in [0.2, 0.25) is 0 Å². The Balaban J connectivity index is 1.83. The molecule has 0 unspecified atom stereocenters. The second-order valence-corrected chi connectivity index (χ2v) is 4.42. The molecule has 0 aliphatic heterocycles. The van der Waals surface area contributed by atoms with Crippen molar-refractivity contribution in [2.45, 2.75) is 13.5 Å². The first-order valence-electron chi connectivity index (χ1n) is 6.45. The van der Waals surface area contributed by atoms with E-state index in [1.807, 2.05) is 12.1 Å². The minimum absolute atomic E-state index is 0.134. The number of carbonyl (C=O) groups is 2. The summed E-state index contributed by atoms with van der Waals surface area (Å²) >= 11 is 0. The molecular formula is C15H16N4O2. The first-order valence-corrected chi connectivity index (χ1v) is 6.45. The van der Waals surface area contributed by atoms with E-state index < -0.39 is 0 Å². The lowest BCUT2D eigenvalue weighted by Crippen LogP contribution is -2.28. The van der Waals surface area contributed by atoms with E-state index in [1.165, 1.54) is 6.92 Å². The van der Waals surface area contributed by atoms with Gasteiger partial charge in [-0.3, -0.25) is 9.78 Å². The summed E-state index contributed by atoms with van der Waals surface area (Å²) in [5.74, 6) is -0.134. The fraction of sp³-hybridized carbons (Fsp3) is 0.133. The minimum Gasteiger partial charge on any atom is -0.334 e. The Morgan fingerprint density at radius 1 is 0.952 bits per heavy atom. The molecule has 0 spiro atoms. The fourth-order valence-corrected chi connectivity index (χ4v) is 1.70. The van der Waals surface area contributed by atoms with Crippen molar-refractivity contribution < 1.29 is 9.59 Å². The number of carbonyl (C=O) groups excluding carboxylic acids is 2. The zero-order valence-corrected chi connectivity index (χ0v) is 11.6. The number of rotatable bonds is 4. The van der Waals surface area contributed by atoms with Crippen LogP contribution in [-0.4, -0.2) is 16.9 Å². The minimum atomic E-state index is -0.293. The molecule has 0 atom stereocenters. The lowest BCUT2D eigenvalue weighted by molar-refractivity contribution is -0.114. The number of nitrogens with zero attached hydrogens (tertiary/aromatic N) is 1. The molecule has 108 valence electrons. The van der Waals surface area contributed by atoms with Crippen LogP contribution in [0.5, 0.6) is 0 Å². The quantitative estimate of drug-likeness (QED) is 0.806. The van der Waals surface area contributed by atoms with Crippen molar-refractivity contribution in [2.75, 3.05) is 10.6 Å². The SMILES string of the molecule is CC(=O)Nc1ccc(NC(=O)NCc2ccncc2)cc1. The third-order valence-electron chi connectivity index (χ3n) is 2.67. The van der Waals surface area contributed by atoms with Gasteiger partial charge in [-0.05, 0) is 42.0 Å². The summed E-state index contributed by atoms with van der Waals surface area (Å²) in [5.41, 5.74) is 2.31. The Morgan fingerprint density at radius 2 is 1.52 bits per heavy atom. The first kappa shape index (κ1) is 14.5. The van der Waals surface area contributed by atoms with Gasteiger partial charge in [-0.15, -0.1) is 0 Å². The molecule has 6 nitrogen and oxygen atoms in total. The molecule has 2 aromatic rings. The molecule has 6 heteroatoms. The highest BCUT2D eigenvalue weighted by atomic mass is 16.2. The van der Waals surface area contributed by atoms with Crippen molar-refractivity contribution >= 4 is 23.3 Å². The summed E-state index contributed by atoms with van der Waals surface area (Å²) in [4.78, 5) is 26.6. The van der Waals surface area contributed by atoms with Gasteiger partial charge in [0.2, 0.25) is 5.91 Å². The van der Waals surface area contributed by atoms with Crippen LogP contribution in [0.25, 0.3) is 0 Å². The van der Waals surface area contributed by atoms with Crippen molar-refractivity contribution in [3.8, 4) is 0 Å². The molecule has 1 aromatic heterocycles. The normalized spacial score (nSPS) is 9.76. The Kier molecular flexibility index (Phi) is 4.87. The Hall–Kier alpha value is -2.89. The molecule has 1 aromatic carbocycles. The molecule has 3 amide bonds. The largest absolute Gasteiger partial charge is 0.334 e. The smallest absolute Gasteiger partial charge is 0.319 e. The molecule has 0 saturated heterocycles. The van der Waals surface area contributed by atoms with Gasteiger partial charge in [-0.2, -0.15) is 0 Å². The van der Waals surface area contributed by atoms with Crippen LogP contribution in [0.4, 0.5) is 16.2 Å². The molecule has 1 heterocycles. The molecule has 21 heavy (non-hydrogen) atoms. The maximum Gasteiger partial charge on any atom is 0.319 e. The molecule has 0 aliphatic rings. The Bertz CT molecular complexity index is 611. The second-order valence-electron chi connectivity index (χ2n) is 4.42. The van der Waals surface area contributed by atoms with Gasteiger partial charge in [0, 0.05) is 37.2 Å². The molecular weight excluding hydrogens is 268 g/mol. The molecule has 3 N–H and O–H groups in total. The second kappa shape index (κ2) is 7.04. The lowest BCUT2D eigenvalue weighted by atomic mass is 10.2. The van der Waals surface area contributed by atoms with Crippen LogP contribution in [0, 0.1) is 0 Å². The number of urea groups is 1. The number of amides is 3. The summed E-state index contributed by atoms with van der Waals surface area (Å²) in [6, 6.07) is 10.3. The zero-order chi connectivity index (χ0) is 15.1. The third-order valence-corrected chi connectivity index (χ3v) is 2.67. The van der Waals surface area contributed by atoms with Crippen molar-refractivity contribution in [3.63, 3.8) is 0 Å². The Labute approximate surface area is 122 Å². The maximum atomic E-state index is 11.7. The number of anilines is 2. The van der Waals surface area contributed by atoms with Crippen LogP contribution < -0.4 is 16.0 Å². The number of aromatic nitrogens is 1. The molecule has 0 fully saturated rings. The Morgan fingerprint density at radius 3 is 2.10 bits per heavy atom. The highest BCUT2D eigenvalue weighted by Gasteiger charge is 2.02. The zero-order valence-electron chi connectivity index (χ0n) is 11.6. The molecule has 0 saturated carbocycles. The van der Waals surface area contributed by atoms with Gasteiger partial charge in [-0.1, -0.05) is 0 Å². The summed E-state index contributed by atoms with van der Waals surface area (Å²) in [6.45, 7) is 1.87. The van der Waals surface area contributed by atoms with Gasteiger partial charge in [0.1, 0.15) is 0 Å². The van der Waals surface area contributed by atoms with E-state index in [-0.39, 0.29) is 11.9 Å². The van der Waals surface area contributed by atoms with Crippen molar-refractivity contribution in [2.24, 2.45) is 0 Å². The average molecular weight is 284 g/mol. The highest BCUT2D eigenvalue weighted by Crippen LogP contribution is 2.13. The van der Waals surface area contributed by atoms with E-state index in [4.69, 9.17) is 0 Å². The molecule has 0 bridgehead atoms. The van der Waals surface area contributed by atoms with Crippen molar-refractivity contribution in [3.05, 3.63) is 54.4 Å². The fourth-order valence-electron chi connectivity index (χ4n) is 1.70. The lowest BCUT2D eigenvalue weighted by Gasteiger charge is -2.08. The van der Waals surface area contributed by atoms with Crippen LogP contribution in [0.15, 0.2) is 48.8 Å². The van der Waals surface area contributed by atoms with Gasteiger partial charge >= 0.3 is 6.03 Å². The van der Waals surface area contributed by atoms with Gasteiger partial charge < -0.3 is 16.0 Å². The molecule has 0 aliphatic carbocycles. The van der Waals surface area contributed by atoms with E-state index in [2.05, 4.69) is 20.9 Å². The van der Waals surface area contributed by atoms with Crippen molar-refractivity contribution in [1.82, 2.24) is 10.3 Å². The number of nitrogens with one attached hydrogen (secondary N) is 3. The van der Waals surface area contributed by atoms with Crippen LogP contribution in [0.1, 0.15) is 12.5 Å². The van der Waals surface area contributed by atoms with E-state index in [0.717, 1.165) is 5.56 Å². The predicted octanol–water partition coefficient (Wildman–Crippen LogP) is 2.36. The van der Waals surface area contributed by atoms with E-state index in [0.29, 0.717) is 17.9 Å². The van der Waals surface area contributed by atoms with Crippen molar-refractivity contribution in [1.29, 1.82) is 0 Å². The maximum absolute atomic E-state index is 11.7. The van der Waals surface area contributed by atoms with E-state index in [1.54, 1.807) is 36.7 Å². The topological polar surface area (TPSA) is 83.1 Å². The summed E-state index contributed by atoms with van der Waals surface area (Å²) in [7, 11) is 0. The van der Waals surface area contributed by atoms with Gasteiger partial charge in [0.05, 0.1) is 0 Å². The monoisotopic (exact) mass is 284 g/mol. The number of hydrogen-bond donors (Lipinski definition) is 3. The first-order chi connectivity index (χ1) is 10.1. The number of hydrogen-bond acceptors (Lipinski definition) is 3. The number of pyridine rings is 1. The van der Waals surface area contributed by atoms with E-state index in [9.17, 15) is 9.59 Å². The van der Waals surface area contributed by atoms with Crippen LogP contribution >= 0.6 is 0 Å². The molecule has 2 rings (SSSR count). The summed E-state index contributed by atoms with van der Waals surface area (Å²) < 4.78 is 0. The highest BCUT2D eigenvalue weighted by molar-refractivity contribution is 5.91. The standard InChI is InChI=1S/C15H16N4O2/c1-11(20)18-13-2-4-14(5-3-13)19-15(21)17-10-12-6-8-16-9-7-12/h2-9H,10H2,1H3,(H,18,20)(H2,17,19,21).